The van der Waals surface area contributed by atoms with E-state index in [1.54, 1.807) is 23.5 Å². The van der Waals surface area contributed by atoms with Crippen molar-refractivity contribution in [1.29, 1.82) is 0 Å². The van der Waals surface area contributed by atoms with Crippen LogP contribution in [0.1, 0.15) is 6.92 Å². The standard InChI is InChI=1S/C7H8N5/c1-7(11-3-2-8-5-11)12-6-9-4-10-12/h2-6H,1H3. The molecule has 2 heterocycles. The van der Waals surface area contributed by atoms with Gasteiger partial charge in [0.25, 0.3) is 0 Å². The Kier molecular flexibility index (Phi) is 1.62. The highest BCUT2D eigenvalue weighted by molar-refractivity contribution is 4.93. The van der Waals surface area contributed by atoms with Crippen molar-refractivity contribution < 1.29 is 0 Å². The Hall–Kier alpha value is -1.65. The largest absolute Gasteiger partial charge is 0.308 e. The number of imidazole rings is 1. The molecule has 0 N–H and O–H groups in total. The molecule has 5 heteroatoms. The molecule has 0 aliphatic rings. The smallest absolute Gasteiger partial charge is 0.181 e. The summed E-state index contributed by atoms with van der Waals surface area (Å²) in [6, 6.07) is 0. The number of hydrogen-bond acceptors (Lipinski definition) is 3. The van der Waals surface area contributed by atoms with Gasteiger partial charge in [-0.25, -0.2) is 14.6 Å². The van der Waals surface area contributed by atoms with Crippen LogP contribution < -0.4 is 0 Å². The van der Waals surface area contributed by atoms with Crippen molar-refractivity contribution in [1.82, 2.24) is 24.3 Å². The molecule has 1 radical (unpaired) electrons. The summed E-state index contributed by atoms with van der Waals surface area (Å²) in [5.74, 6) is 0. The molecule has 0 saturated carbocycles. The van der Waals surface area contributed by atoms with E-state index in [-0.39, 0.29) is 0 Å². The molecule has 0 fully saturated rings. The fourth-order valence-electron chi connectivity index (χ4n) is 0.944. The molecule has 61 valence electrons. The molecule has 0 saturated heterocycles. The van der Waals surface area contributed by atoms with Crippen molar-refractivity contribution in [3.05, 3.63) is 37.5 Å². The number of rotatable bonds is 2. The lowest BCUT2D eigenvalue weighted by Crippen LogP contribution is -2.14. The Balaban J connectivity index is 2.27. The van der Waals surface area contributed by atoms with E-state index in [0.717, 1.165) is 6.17 Å². The van der Waals surface area contributed by atoms with E-state index in [2.05, 4.69) is 15.1 Å². The average molecular weight is 162 g/mol. The van der Waals surface area contributed by atoms with Crippen LogP contribution >= 0.6 is 0 Å². The lowest BCUT2D eigenvalue weighted by molar-refractivity contribution is 0.606. The molecule has 0 amide bonds. The third kappa shape index (κ3) is 1.09. The highest BCUT2D eigenvalue weighted by Gasteiger charge is 2.06. The summed E-state index contributed by atoms with van der Waals surface area (Å²) in [5.41, 5.74) is 0. The van der Waals surface area contributed by atoms with Crippen LogP contribution in [0, 0.1) is 6.17 Å². The predicted octanol–water partition coefficient (Wildman–Crippen LogP) is 0.380. The van der Waals surface area contributed by atoms with Crippen molar-refractivity contribution in [2.45, 2.75) is 6.92 Å². The normalized spacial score (nSPS) is 10.8. The van der Waals surface area contributed by atoms with Crippen LogP contribution in [0.25, 0.3) is 0 Å². The van der Waals surface area contributed by atoms with E-state index >= 15 is 0 Å². The molecule has 0 unspecified atom stereocenters. The molecule has 2 aromatic rings. The van der Waals surface area contributed by atoms with E-state index in [9.17, 15) is 0 Å². The zero-order chi connectivity index (χ0) is 8.39. The van der Waals surface area contributed by atoms with E-state index < -0.39 is 0 Å². The van der Waals surface area contributed by atoms with Gasteiger partial charge < -0.3 is 4.57 Å². The second-order valence-electron chi connectivity index (χ2n) is 2.36. The molecular formula is C7H8N5. The quantitative estimate of drug-likeness (QED) is 0.641. The van der Waals surface area contributed by atoms with Crippen molar-refractivity contribution in [3.63, 3.8) is 0 Å². The van der Waals surface area contributed by atoms with Gasteiger partial charge in [-0.3, -0.25) is 0 Å². The molecule has 0 atom stereocenters. The third-order valence-electron chi connectivity index (χ3n) is 1.63. The summed E-state index contributed by atoms with van der Waals surface area (Å²) in [7, 11) is 0. The summed E-state index contributed by atoms with van der Waals surface area (Å²) in [6.45, 7) is 1.94. The van der Waals surface area contributed by atoms with Gasteiger partial charge in [0.15, 0.2) is 6.17 Å². The minimum Gasteiger partial charge on any atom is -0.308 e. The highest BCUT2D eigenvalue weighted by Crippen LogP contribution is 2.03. The Bertz CT molecular complexity index is 288. The van der Waals surface area contributed by atoms with Gasteiger partial charge in [0.1, 0.15) is 12.7 Å². The fourth-order valence-corrected chi connectivity index (χ4v) is 0.944. The zero-order valence-electron chi connectivity index (χ0n) is 6.62. The fraction of sp³-hybridized carbons (Fsp3) is 0.143. The molecular weight excluding hydrogens is 154 g/mol. The predicted molar refractivity (Wildman–Crippen MR) is 42.0 cm³/mol. The van der Waals surface area contributed by atoms with Crippen LogP contribution in [0.3, 0.4) is 0 Å². The lowest BCUT2D eigenvalue weighted by atomic mass is 10.5. The van der Waals surface area contributed by atoms with E-state index in [1.807, 2.05) is 17.7 Å². The first-order valence-corrected chi connectivity index (χ1v) is 3.55. The van der Waals surface area contributed by atoms with Crippen molar-refractivity contribution in [2.24, 2.45) is 0 Å². The molecule has 0 aliphatic carbocycles. The molecule has 0 spiro atoms. The van der Waals surface area contributed by atoms with E-state index in [1.165, 1.54) is 6.33 Å². The topological polar surface area (TPSA) is 48.5 Å². The SMILES string of the molecule is C[C](n1ccnc1)n1cncn1. The van der Waals surface area contributed by atoms with Crippen LogP contribution in [0.2, 0.25) is 0 Å². The summed E-state index contributed by atoms with van der Waals surface area (Å²) in [4.78, 5) is 7.78. The molecule has 0 aliphatic heterocycles. The Morgan fingerprint density at radius 2 is 2.17 bits per heavy atom. The van der Waals surface area contributed by atoms with Gasteiger partial charge in [0, 0.05) is 12.4 Å². The average Bonchev–Trinajstić information content (AvgIpc) is 2.77. The minimum atomic E-state index is 0.949. The van der Waals surface area contributed by atoms with Gasteiger partial charge in [-0.2, -0.15) is 5.10 Å². The van der Waals surface area contributed by atoms with Crippen molar-refractivity contribution in [2.75, 3.05) is 0 Å². The maximum atomic E-state index is 3.99. The highest BCUT2D eigenvalue weighted by atomic mass is 15.4. The molecule has 5 nitrogen and oxygen atoms in total. The van der Waals surface area contributed by atoms with Gasteiger partial charge in [0.05, 0.1) is 6.33 Å². The van der Waals surface area contributed by atoms with Gasteiger partial charge >= 0.3 is 0 Å². The maximum Gasteiger partial charge on any atom is 0.181 e. The molecule has 0 aromatic carbocycles. The second-order valence-corrected chi connectivity index (χ2v) is 2.36. The Labute approximate surface area is 69.7 Å². The monoisotopic (exact) mass is 162 g/mol. The summed E-state index contributed by atoms with van der Waals surface area (Å²) < 4.78 is 3.55. The molecule has 12 heavy (non-hydrogen) atoms. The molecule has 0 bridgehead atoms. The number of nitrogens with zero attached hydrogens (tertiary/aromatic N) is 5. The van der Waals surface area contributed by atoms with E-state index in [0.29, 0.717) is 0 Å². The summed E-state index contributed by atoms with van der Waals surface area (Å²) >= 11 is 0. The first-order chi connectivity index (χ1) is 5.88. The second kappa shape index (κ2) is 2.77. The van der Waals surface area contributed by atoms with Crippen molar-refractivity contribution >= 4 is 0 Å². The van der Waals surface area contributed by atoms with Gasteiger partial charge in [-0.05, 0) is 6.92 Å². The summed E-state index contributed by atoms with van der Waals surface area (Å²) in [6.07, 6.45) is 9.40. The Morgan fingerprint density at radius 1 is 1.25 bits per heavy atom. The van der Waals surface area contributed by atoms with Gasteiger partial charge in [-0.15, -0.1) is 0 Å². The van der Waals surface area contributed by atoms with Crippen LogP contribution in [-0.4, -0.2) is 24.3 Å². The van der Waals surface area contributed by atoms with Crippen LogP contribution in [-0.2, 0) is 0 Å². The van der Waals surface area contributed by atoms with Crippen LogP contribution in [0.5, 0.6) is 0 Å². The summed E-state index contributed by atoms with van der Waals surface area (Å²) in [5, 5.41) is 3.99. The number of aromatic nitrogens is 5. The Morgan fingerprint density at radius 3 is 2.75 bits per heavy atom. The lowest BCUT2D eigenvalue weighted by Gasteiger charge is -2.09. The minimum absolute atomic E-state index is 0.949. The van der Waals surface area contributed by atoms with E-state index in [4.69, 9.17) is 0 Å². The van der Waals surface area contributed by atoms with Gasteiger partial charge in [0.2, 0.25) is 0 Å². The first-order valence-electron chi connectivity index (χ1n) is 3.55. The molecule has 2 aromatic heterocycles. The number of hydrogen-bond donors (Lipinski definition) is 0. The zero-order valence-corrected chi connectivity index (χ0v) is 6.62. The van der Waals surface area contributed by atoms with Gasteiger partial charge in [-0.1, -0.05) is 0 Å². The maximum absolute atomic E-state index is 3.99. The van der Waals surface area contributed by atoms with Crippen LogP contribution in [0.15, 0.2) is 31.4 Å². The van der Waals surface area contributed by atoms with Crippen molar-refractivity contribution in [3.8, 4) is 0 Å². The molecule has 2 rings (SSSR count). The first kappa shape index (κ1) is 7.02. The van der Waals surface area contributed by atoms with Crippen LogP contribution in [0.4, 0.5) is 0 Å². The third-order valence-corrected chi connectivity index (χ3v) is 1.63.